The fourth-order valence-corrected chi connectivity index (χ4v) is 1.66. The highest BCUT2D eigenvalue weighted by Crippen LogP contribution is 2.25. The van der Waals surface area contributed by atoms with Gasteiger partial charge in [0.15, 0.2) is 0 Å². The maximum Gasteiger partial charge on any atom is 0.146 e. The lowest BCUT2D eigenvalue weighted by Crippen LogP contribution is -2.14. The Kier molecular flexibility index (Phi) is 3.32. The Morgan fingerprint density at radius 1 is 1.36 bits per heavy atom. The minimum absolute atomic E-state index is 0.671. The van der Waals surface area contributed by atoms with Crippen LogP contribution in [0.4, 0.5) is 5.82 Å². The molecule has 1 heterocycles. The summed E-state index contributed by atoms with van der Waals surface area (Å²) in [5.41, 5.74) is 2.67. The molecule has 0 radical (unpaired) electrons. The Bertz CT molecular complexity index is 405. The third-order valence-electron chi connectivity index (χ3n) is 2.05. The van der Waals surface area contributed by atoms with Crippen molar-refractivity contribution in [1.29, 1.82) is 5.26 Å². The highest BCUT2D eigenvalue weighted by molar-refractivity contribution is 14.1. The van der Waals surface area contributed by atoms with E-state index in [-0.39, 0.29) is 0 Å². The van der Waals surface area contributed by atoms with Crippen molar-refractivity contribution in [2.24, 2.45) is 0 Å². The average molecular weight is 301 g/mol. The third-order valence-corrected chi connectivity index (χ3v) is 3.64. The van der Waals surface area contributed by atoms with Crippen molar-refractivity contribution in [1.82, 2.24) is 4.98 Å². The van der Waals surface area contributed by atoms with Crippen molar-refractivity contribution in [2.45, 2.75) is 13.8 Å². The molecule has 0 spiro atoms. The minimum atomic E-state index is 0.671. The smallest absolute Gasteiger partial charge is 0.146 e. The quantitative estimate of drug-likeness (QED) is 0.747. The molecular formula is C10H12IN3. The first-order valence-corrected chi connectivity index (χ1v) is 5.31. The molecule has 0 unspecified atom stereocenters. The number of rotatable bonds is 1. The fraction of sp³-hybridized carbons (Fsp3) is 0.400. The second-order valence-electron chi connectivity index (χ2n) is 3.34. The van der Waals surface area contributed by atoms with E-state index in [1.54, 1.807) is 0 Å². The van der Waals surface area contributed by atoms with Crippen molar-refractivity contribution in [3.63, 3.8) is 0 Å². The summed E-state index contributed by atoms with van der Waals surface area (Å²) in [4.78, 5) is 6.27. The van der Waals surface area contributed by atoms with Crippen LogP contribution in [0.1, 0.15) is 16.8 Å². The lowest BCUT2D eigenvalue weighted by molar-refractivity contribution is 1.02. The van der Waals surface area contributed by atoms with Gasteiger partial charge in [0.25, 0.3) is 0 Å². The second-order valence-corrected chi connectivity index (χ2v) is 4.42. The van der Waals surface area contributed by atoms with Crippen molar-refractivity contribution in [3.8, 4) is 6.07 Å². The molecule has 0 bridgehead atoms. The number of aryl methyl sites for hydroxylation is 1. The number of aromatic nitrogens is 1. The molecule has 74 valence electrons. The Balaban J connectivity index is 3.54. The van der Waals surface area contributed by atoms with Gasteiger partial charge < -0.3 is 4.90 Å². The fourth-order valence-electron chi connectivity index (χ4n) is 1.27. The number of pyridine rings is 1. The van der Waals surface area contributed by atoms with Crippen LogP contribution in [0.3, 0.4) is 0 Å². The first-order valence-electron chi connectivity index (χ1n) is 4.23. The molecule has 0 aliphatic heterocycles. The summed E-state index contributed by atoms with van der Waals surface area (Å²) < 4.78 is 1.07. The number of nitrogens with zero attached hydrogens (tertiary/aromatic N) is 3. The van der Waals surface area contributed by atoms with Gasteiger partial charge in [-0.15, -0.1) is 0 Å². The van der Waals surface area contributed by atoms with Gasteiger partial charge in [0.1, 0.15) is 11.9 Å². The zero-order valence-corrected chi connectivity index (χ0v) is 10.9. The largest absolute Gasteiger partial charge is 0.362 e. The number of nitriles is 1. The highest BCUT2D eigenvalue weighted by Gasteiger charge is 2.13. The summed E-state index contributed by atoms with van der Waals surface area (Å²) in [6, 6.07) is 2.20. The molecule has 0 N–H and O–H groups in total. The first-order chi connectivity index (χ1) is 6.49. The van der Waals surface area contributed by atoms with Gasteiger partial charge in [-0.05, 0) is 42.0 Å². The van der Waals surface area contributed by atoms with Crippen LogP contribution < -0.4 is 4.90 Å². The Hall–Kier alpha value is -0.830. The SMILES string of the molecule is Cc1nc(N(C)C)c(C#N)c(C)c1I. The maximum absolute atomic E-state index is 9.04. The number of hydrogen-bond donors (Lipinski definition) is 0. The van der Waals surface area contributed by atoms with Crippen LogP contribution in [0.2, 0.25) is 0 Å². The molecule has 1 aromatic rings. The molecule has 1 aromatic heterocycles. The van der Waals surface area contributed by atoms with E-state index in [9.17, 15) is 0 Å². The molecule has 0 fully saturated rings. The predicted molar refractivity (Wildman–Crippen MR) is 65.5 cm³/mol. The van der Waals surface area contributed by atoms with E-state index >= 15 is 0 Å². The second kappa shape index (κ2) is 4.13. The molecule has 0 atom stereocenters. The van der Waals surface area contributed by atoms with Crippen LogP contribution in [0, 0.1) is 28.7 Å². The summed E-state index contributed by atoms with van der Waals surface area (Å²) in [6.07, 6.45) is 0. The number of anilines is 1. The Morgan fingerprint density at radius 3 is 2.36 bits per heavy atom. The van der Waals surface area contributed by atoms with Crippen LogP contribution in [0.15, 0.2) is 0 Å². The van der Waals surface area contributed by atoms with Crippen molar-refractivity contribution in [3.05, 3.63) is 20.4 Å². The normalized spacial score (nSPS) is 9.71. The summed E-state index contributed by atoms with van der Waals surface area (Å²) in [7, 11) is 3.80. The lowest BCUT2D eigenvalue weighted by atomic mass is 10.1. The van der Waals surface area contributed by atoms with Crippen LogP contribution in [0.25, 0.3) is 0 Å². The highest BCUT2D eigenvalue weighted by atomic mass is 127. The minimum Gasteiger partial charge on any atom is -0.362 e. The summed E-state index contributed by atoms with van der Waals surface area (Å²) >= 11 is 2.23. The van der Waals surface area contributed by atoms with E-state index in [0.717, 1.165) is 20.6 Å². The molecular weight excluding hydrogens is 289 g/mol. The van der Waals surface area contributed by atoms with Gasteiger partial charge in [-0.2, -0.15) is 5.26 Å². The van der Waals surface area contributed by atoms with Gasteiger partial charge in [-0.25, -0.2) is 4.98 Å². The number of hydrogen-bond acceptors (Lipinski definition) is 3. The van der Waals surface area contributed by atoms with Crippen molar-refractivity contribution in [2.75, 3.05) is 19.0 Å². The van der Waals surface area contributed by atoms with E-state index in [2.05, 4.69) is 33.6 Å². The van der Waals surface area contributed by atoms with E-state index in [1.165, 1.54) is 0 Å². The monoisotopic (exact) mass is 301 g/mol. The molecule has 0 aliphatic rings. The molecule has 3 nitrogen and oxygen atoms in total. The van der Waals surface area contributed by atoms with Gasteiger partial charge >= 0.3 is 0 Å². The third kappa shape index (κ3) is 1.82. The number of halogens is 1. The zero-order valence-electron chi connectivity index (χ0n) is 8.72. The van der Waals surface area contributed by atoms with Gasteiger partial charge in [0.05, 0.1) is 11.3 Å². The molecule has 0 aliphatic carbocycles. The molecule has 14 heavy (non-hydrogen) atoms. The van der Waals surface area contributed by atoms with Crippen LogP contribution in [-0.4, -0.2) is 19.1 Å². The molecule has 1 rings (SSSR count). The van der Waals surface area contributed by atoms with Crippen LogP contribution in [-0.2, 0) is 0 Å². The molecule has 0 saturated carbocycles. The van der Waals surface area contributed by atoms with E-state index in [4.69, 9.17) is 5.26 Å². The molecule has 0 aromatic carbocycles. The summed E-state index contributed by atoms with van der Waals surface area (Å²) in [5, 5.41) is 9.04. The van der Waals surface area contributed by atoms with Gasteiger partial charge in [0, 0.05) is 17.7 Å². The molecule has 4 heteroatoms. The average Bonchev–Trinajstić information content (AvgIpc) is 2.13. The van der Waals surface area contributed by atoms with Gasteiger partial charge in [-0.1, -0.05) is 0 Å². The maximum atomic E-state index is 9.04. The summed E-state index contributed by atoms with van der Waals surface area (Å²) in [5.74, 6) is 0.753. The predicted octanol–water partition coefficient (Wildman–Crippen LogP) is 2.24. The Labute approximate surface area is 97.9 Å². The van der Waals surface area contributed by atoms with Crippen LogP contribution in [0.5, 0.6) is 0 Å². The molecule has 0 saturated heterocycles. The first kappa shape index (κ1) is 11.2. The topological polar surface area (TPSA) is 39.9 Å². The summed E-state index contributed by atoms with van der Waals surface area (Å²) in [6.45, 7) is 3.92. The zero-order chi connectivity index (χ0) is 10.9. The molecule has 0 amide bonds. The van der Waals surface area contributed by atoms with E-state index < -0.39 is 0 Å². The van der Waals surface area contributed by atoms with Crippen LogP contribution >= 0.6 is 22.6 Å². The standard InChI is InChI=1S/C10H12IN3/c1-6-8(5-12)10(14(3)4)13-7(2)9(6)11/h1-4H3. The van der Waals surface area contributed by atoms with Crippen molar-refractivity contribution >= 4 is 28.4 Å². The van der Waals surface area contributed by atoms with E-state index in [0.29, 0.717) is 5.56 Å². The van der Waals surface area contributed by atoms with Gasteiger partial charge in [-0.3, -0.25) is 0 Å². The lowest BCUT2D eigenvalue weighted by Gasteiger charge is -2.16. The van der Waals surface area contributed by atoms with E-state index in [1.807, 2.05) is 32.8 Å². The van der Waals surface area contributed by atoms with Crippen molar-refractivity contribution < 1.29 is 0 Å². The van der Waals surface area contributed by atoms with Gasteiger partial charge in [0.2, 0.25) is 0 Å². The Morgan fingerprint density at radius 2 is 1.93 bits per heavy atom.